The van der Waals surface area contributed by atoms with E-state index in [0.717, 1.165) is 19.3 Å². The molecule has 1 aliphatic rings. The maximum absolute atomic E-state index is 8.79. The third-order valence-corrected chi connectivity index (χ3v) is 3.70. The number of allylic oxidation sites excluding steroid dienone is 3. The maximum Gasteiger partial charge on any atom is 0.0434 e. The summed E-state index contributed by atoms with van der Waals surface area (Å²) in [6.45, 7) is 11.2. The first-order chi connectivity index (χ1) is 6.50. The first-order valence-electron chi connectivity index (χ1n) is 5.46. The third kappa shape index (κ3) is 2.09. The molecule has 1 rings (SSSR count). The van der Waals surface area contributed by atoms with Crippen molar-refractivity contribution in [3.63, 3.8) is 0 Å². The van der Waals surface area contributed by atoms with E-state index in [2.05, 4.69) is 33.4 Å². The largest absolute Gasteiger partial charge is 0.396 e. The van der Waals surface area contributed by atoms with Gasteiger partial charge in [0.15, 0.2) is 0 Å². The first-order valence-corrected chi connectivity index (χ1v) is 5.46. The summed E-state index contributed by atoms with van der Waals surface area (Å²) < 4.78 is 0. The predicted octanol–water partition coefficient (Wildman–Crippen LogP) is 3.31. The van der Waals surface area contributed by atoms with Crippen LogP contribution in [0, 0.1) is 11.3 Å². The van der Waals surface area contributed by atoms with E-state index in [4.69, 9.17) is 5.11 Å². The molecule has 0 unspecified atom stereocenters. The van der Waals surface area contributed by atoms with E-state index in [1.54, 1.807) is 0 Å². The molecule has 0 spiro atoms. The Bertz CT molecular complexity index is 248. The number of hydrogen-bond acceptors (Lipinski definition) is 1. The molecule has 0 bridgehead atoms. The second kappa shape index (κ2) is 4.31. The average molecular weight is 194 g/mol. The minimum Gasteiger partial charge on any atom is -0.396 e. The molecule has 1 nitrogen and oxygen atoms in total. The van der Waals surface area contributed by atoms with Crippen molar-refractivity contribution in [2.24, 2.45) is 11.3 Å². The summed E-state index contributed by atoms with van der Waals surface area (Å²) in [5.41, 5.74) is 3.05. The van der Waals surface area contributed by atoms with Crippen molar-refractivity contribution in [2.45, 2.75) is 40.0 Å². The fourth-order valence-electron chi connectivity index (χ4n) is 2.28. The molecule has 0 amide bonds. The zero-order valence-corrected chi connectivity index (χ0v) is 9.64. The van der Waals surface area contributed by atoms with Crippen LogP contribution in [0.2, 0.25) is 0 Å². The average Bonchev–Trinajstić information content (AvgIpc) is 2.38. The minimum atomic E-state index is 0.270. The molecule has 0 aromatic carbocycles. The van der Waals surface area contributed by atoms with Crippen LogP contribution in [-0.4, -0.2) is 11.7 Å². The van der Waals surface area contributed by atoms with Gasteiger partial charge < -0.3 is 5.11 Å². The minimum absolute atomic E-state index is 0.270. The molecule has 0 aromatic rings. The molecule has 0 aromatic heterocycles. The van der Waals surface area contributed by atoms with E-state index in [1.165, 1.54) is 11.1 Å². The van der Waals surface area contributed by atoms with Gasteiger partial charge in [-0.2, -0.15) is 0 Å². The van der Waals surface area contributed by atoms with Crippen LogP contribution in [0.3, 0.4) is 0 Å². The summed E-state index contributed by atoms with van der Waals surface area (Å²) >= 11 is 0. The summed E-state index contributed by atoms with van der Waals surface area (Å²) in [6.07, 6.45) is 5.27. The van der Waals surface area contributed by atoms with E-state index >= 15 is 0 Å². The van der Waals surface area contributed by atoms with Crippen LogP contribution < -0.4 is 0 Å². The molecular formula is C13H22O. The molecule has 14 heavy (non-hydrogen) atoms. The highest BCUT2D eigenvalue weighted by Gasteiger charge is 2.35. The van der Waals surface area contributed by atoms with Crippen molar-refractivity contribution >= 4 is 0 Å². The molecule has 0 radical (unpaired) electrons. The highest BCUT2D eigenvalue weighted by atomic mass is 16.2. The summed E-state index contributed by atoms with van der Waals surface area (Å²) in [4.78, 5) is 0. The Morgan fingerprint density at radius 3 is 2.71 bits per heavy atom. The molecule has 1 aliphatic carbocycles. The van der Waals surface area contributed by atoms with Crippen molar-refractivity contribution < 1.29 is 5.11 Å². The summed E-state index contributed by atoms with van der Waals surface area (Å²) in [5, 5.41) is 8.79. The standard InChI is InChI=1S/C13H22O/c1-10(6-5-9-14)12-8-7-11(2)13(12,3)4/h7,12,14H,1,5-6,8-9H2,2-4H3/t12-/m1/s1. The lowest BCUT2D eigenvalue weighted by Crippen LogP contribution is -2.22. The number of aliphatic hydroxyl groups excluding tert-OH is 1. The molecule has 80 valence electrons. The smallest absolute Gasteiger partial charge is 0.0434 e. The van der Waals surface area contributed by atoms with Gasteiger partial charge in [-0.3, -0.25) is 0 Å². The van der Waals surface area contributed by atoms with Crippen molar-refractivity contribution in [3.8, 4) is 0 Å². The van der Waals surface area contributed by atoms with Gasteiger partial charge in [0.1, 0.15) is 0 Å². The van der Waals surface area contributed by atoms with Gasteiger partial charge in [0.25, 0.3) is 0 Å². The molecule has 0 aliphatic heterocycles. The second-order valence-electron chi connectivity index (χ2n) is 4.88. The van der Waals surface area contributed by atoms with Crippen molar-refractivity contribution in [1.29, 1.82) is 0 Å². The summed E-state index contributed by atoms with van der Waals surface area (Å²) in [5.74, 6) is 0.578. The Kier molecular flexibility index (Phi) is 3.54. The number of rotatable bonds is 4. The zero-order valence-electron chi connectivity index (χ0n) is 9.64. The monoisotopic (exact) mass is 194 g/mol. The lowest BCUT2D eigenvalue weighted by Gasteiger charge is -2.31. The summed E-state index contributed by atoms with van der Waals surface area (Å²) in [6, 6.07) is 0. The zero-order chi connectivity index (χ0) is 10.8. The fraction of sp³-hybridized carbons (Fsp3) is 0.692. The van der Waals surface area contributed by atoms with Gasteiger partial charge in [0, 0.05) is 6.61 Å². The molecular weight excluding hydrogens is 172 g/mol. The highest BCUT2D eigenvalue weighted by molar-refractivity contribution is 5.25. The molecule has 1 heteroatoms. The molecule has 0 fully saturated rings. The molecule has 1 N–H and O–H groups in total. The van der Waals surface area contributed by atoms with Crippen LogP contribution in [0.25, 0.3) is 0 Å². The lowest BCUT2D eigenvalue weighted by molar-refractivity contribution is 0.278. The normalized spacial score (nSPS) is 24.9. The topological polar surface area (TPSA) is 20.2 Å². The van der Waals surface area contributed by atoms with Gasteiger partial charge >= 0.3 is 0 Å². The van der Waals surface area contributed by atoms with Crippen LogP contribution in [0.5, 0.6) is 0 Å². The van der Waals surface area contributed by atoms with Gasteiger partial charge in [-0.05, 0) is 37.5 Å². The molecule has 0 saturated carbocycles. The molecule has 0 saturated heterocycles. The van der Waals surface area contributed by atoms with Gasteiger partial charge in [-0.1, -0.05) is 37.6 Å². The van der Waals surface area contributed by atoms with Crippen LogP contribution >= 0.6 is 0 Å². The number of aliphatic hydroxyl groups is 1. The van der Waals surface area contributed by atoms with Crippen molar-refractivity contribution in [2.75, 3.05) is 6.61 Å². The van der Waals surface area contributed by atoms with E-state index < -0.39 is 0 Å². The van der Waals surface area contributed by atoms with Crippen LogP contribution in [0.4, 0.5) is 0 Å². The highest BCUT2D eigenvalue weighted by Crippen LogP contribution is 2.46. The van der Waals surface area contributed by atoms with Crippen molar-refractivity contribution in [3.05, 3.63) is 23.8 Å². The SMILES string of the molecule is C=C(CCCO)[C@H]1CC=C(C)C1(C)C. The third-order valence-electron chi connectivity index (χ3n) is 3.70. The maximum atomic E-state index is 8.79. The van der Waals surface area contributed by atoms with Crippen LogP contribution in [0.15, 0.2) is 23.8 Å². The number of hydrogen-bond donors (Lipinski definition) is 1. The van der Waals surface area contributed by atoms with Crippen LogP contribution in [0.1, 0.15) is 40.0 Å². The van der Waals surface area contributed by atoms with Crippen molar-refractivity contribution in [1.82, 2.24) is 0 Å². The van der Waals surface area contributed by atoms with Gasteiger partial charge in [-0.25, -0.2) is 0 Å². The Morgan fingerprint density at radius 2 is 2.29 bits per heavy atom. The van der Waals surface area contributed by atoms with Gasteiger partial charge in [-0.15, -0.1) is 0 Å². The Hall–Kier alpha value is -0.560. The quantitative estimate of drug-likeness (QED) is 0.681. The van der Waals surface area contributed by atoms with Crippen LogP contribution in [-0.2, 0) is 0 Å². The van der Waals surface area contributed by atoms with E-state index in [1.807, 2.05) is 0 Å². The van der Waals surface area contributed by atoms with E-state index in [9.17, 15) is 0 Å². The van der Waals surface area contributed by atoms with E-state index in [-0.39, 0.29) is 12.0 Å². The van der Waals surface area contributed by atoms with E-state index in [0.29, 0.717) is 5.92 Å². The Balaban J connectivity index is 2.59. The second-order valence-corrected chi connectivity index (χ2v) is 4.88. The van der Waals surface area contributed by atoms with Gasteiger partial charge in [0.2, 0.25) is 0 Å². The lowest BCUT2D eigenvalue weighted by atomic mass is 9.73. The first kappa shape index (κ1) is 11.5. The molecule has 1 atom stereocenters. The Labute approximate surface area is 87.5 Å². The van der Waals surface area contributed by atoms with Gasteiger partial charge in [0.05, 0.1) is 0 Å². The summed E-state index contributed by atoms with van der Waals surface area (Å²) in [7, 11) is 0. The molecule has 0 heterocycles. The predicted molar refractivity (Wildman–Crippen MR) is 61.1 cm³/mol. The Morgan fingerprint density at radius 1 is 1.64 bits per heavy atom. The fourth-order valence-corrected chi connectivity index (χ4v) is 2.28.